The van der Waals surface area contributed by atoms with Crippen molar-refractivity contribution < 1.29 is 4.79 Å². The Morgan fingerprint density at radius 1 is 1.33 bits per heavy atom. The van der Waals surface area contributed by atoms with Crippen LogP contribution in [-0.4, -0.2) is 6.29 Å². The first-order valence-electron chi connectivity index (χ1n) is 4.53. The van der Waals surface area contributed by atoms with Crippen LogP contribution in [0.3, 0.4) is 0 Å². The van der Waals surface area contributed by atoms with Crippen molar-refractivity contribution in [1.29, 1.82) is 0 Å². The lowest BCUT2D eigenvalue weighted by Crippen LogP contribution is -1.79. The Labute approximate surface area is 75.2 Å². The molecule has 0 aromatic carbocycles. The van der Waals surface area contributed by atoms with Crippen molar-refractivity contribution in [2.24, 2.45) is 0 Å². The Kier molecular flexibility index (Phi) is 7.66. The van der Waals surface area contributed by atoms with Crippen molar-refractivity contribution in [3.8, 4) is 0 Å². The SMILES string of the molecule is CC=CCCCCC(C)=CC=O. The summed E-state index contributed by atoms with van der Waals surface area (Å²) in [7, 11) is 0. The van der Waals surface area contributed by atoms with Gasteiger partial charge in [0.1, 0.15) is 6.29 Å². The van der Waals surface area contributed by atoms with Gasteiger partial charge in [-0.05, 0) is 45.6 Å². The van der Waals surface area contributed by atoms with Crippen molar-refractivity contribution >= 4 is 6.29 Å². The molecule has 0 atom stereocenters. The molecule has 0 aliphatic carbocycles. The zero-order valence-electron chi connectivity index (χ0n) is 8.05. The Morgan fingerprint density at radius 3 is 2.67 bits per heavy atom. The molecule has 0 aromatic heterocycles. The predicted octanol–water partition coefficient (Wildman–Crippen LogP) is 3.27. The summed E-state index contributed by atoms with van der Waals surface area (Å²) < 4.78 is 0. The van der Waals surface area contributed by atoms with Crippen molar-refractivity contribution in [1.82, 2.24) is 0 Å². The summed E-state index contributed by atoms with van der Waals surface area (Å²) in [6.07, 6.45) is 11.4. The molecule has 0 unspecified atom stereocenters. The van der Waals surface area contributed by atoms with Crippen molar-refractivity contribution in [2.75, 3.05) is 0 Å². The van der Waals surface area contributed by atoms with Crippen LogP contribution in [0.15, 0.2) is 23.8 Å². The minimum absolute atomic E-state index is 0.862. The van der Waals surface area contributed by atoms with Crippen LogP contribution >= 0.6 is 0 Å². The van der Waals surface area contributed by atoms with E-state index in [1.807, 2.05) is 13.8 Å². The minimum Gasteiger partial charge on any atom is -0.299 e. The van der Waals surface area contributed by atoms with E-state index in [0.29, 0.717) is 0 Å². The maximum atomic E-state index is 10.1. The van der Waals surface area contributed by atoms with Crippen LogP contribution in [0.4, 0.5) is 0 Å². The Balaban J connectivity index is 3.31. The molecule has 0 spiro atoms. The van der Waals surface area contributed by atoms with E-state index in [0.717, 1.165) is 19.1 Å². The lowest BCUT2D eigenvalue weighted by atomic mass is 10.1. The van der Waals surface area contributed by atoms with Gasteiger partial charge in [-0.2, -0.15) is 0 Å². The summed E-state index contributed by atoms with van der Waals surface area (Å²) in [5.74, 6) is 0. The van der Waals surface area contributed by atoms with E-state index in [9.17, 15) is 4.79 Å². The molecular formula is C11H18O. The summed E-state index contributed by atoms with van der Waals surface area (Å²) in [6.45, 7) is 4.04. The van der Waals surface area contributed by atoms with Crippen LogP contribution in [0.1, 0.15) is 39.5 Å². The molecule has 1 heteroatoms. The number of carbonyl (C=O) groups is 1. The van der Waals surface area contributed by atoms with E-state index < -0.39 is 0 Å². The average Bonchev–Trinajstić information content (AvgIpc) is 2.05. The second-order valence-corrected chi connectivity index (χ2v) is 2.96. The Bertz CT molecular complexity index is 166. The van der Waals surface area contributed by atoms with Crippen molar-refractivity contribution in [3.05, 3.63) is 23.8 Å². The maximum Gasteiger partial charge on any atom is 0.142 e. The second-order valence-electron chi connectivity index (χ2n) is 2.96. The first-order chi connectivity index (χ1) is 5.81. The first-order valence-corrected chi connectivity index (χ1v) is 4.53. The molecule has 0 aliphatic rings. The highest BCUT2D eigenvalue weighted by Gasteiger charge is 1.89. The van der Waals surface area contributed by atoms with Gasteiger partial charge in [-0.3, -0.25) is 4.79 Å². The number of allylic oxidation sites excluding steroid dienone is 4. The summed E-state index contributed by atoms with van der Waals surface area (Å²) in [5, 5.41) is 0. The normalized spacial score (nSPS) is 12.3. The fourth-order valence-corrected chi connectivity index (χ4v) is 1.03. The fraction of sp³-hybridized carbons (Fsp3) is 0.545. The lowest BCUT2D eigenvalue weighted by Gasteiger charge is -1.97. The van der Waals surface area contributed by atoms with Crippen molar-refractivity contribution in [3.63, 3.8) is 0 Å². The fourth-order valence-electron chi connectivity index (χ4n) is 1.03. The monoisotopic (exact) mass is 166 g/mol. The minimum atomic E-state index is 0.862. The molecular weight excluding hydrogens is 148 g/mol. The number of carbonyl (C=O) groups excluding carboxylic acids is 1. The van der Waals surface area contributed by atoms with Gasteiger partial charge in [0, 0.05) is 0 Å². The quantitative estimate of drug-likeness (QED) is 0.256. The van der Waals surface area contributed by atoms with Crippen LogP contribution < -0.4 is 0 Å². The molecule has 12 heavy (non-hydrogen) atoms. The van der Waals surface area contributed by atoms with Gasteiger partial charge >= 0.3 is 0 Å². The highest BCUT2D eigenvalue weighted by Crippen LogP contribution is 2.07. The van der Waals surface area contributed by atoms with Gasteiger partial charge in [0.25, 0.3) is 0 Å². The molecule has 68 valence electrons. The van der Waals surface area contributed by atoms with Gasteiger partial charge in [-0.15, -0.1) is 0 Å². The van der Waals surface area contributed by atoms with Gasteiger partial charge in [0.05, 0.1) is 0 Å². The van der Waals surface area contributed by atoms with E-state index in [4.69, 9.17) is 0 Å². The van der Waals surface area contributed by atoms with Crippen LogP contribution in [0.5, 0.6) is 0 Å². The van der Waals surface area contributed by atoms with Crippen LogP contribution in [0.25, 0.3) is 0 Å². The Hall–Kier alpha value is -0.850. The van der Waals surface area contributed by atoms with E-state index in [1.54, 1.807) is 6.08 Å². The molecule has 0 aliphatic heterocycles. The number of hydrogen-bond donors (Lipinski definition) is 0. The summed E-state index contributed by atoms with van der Waals surface area (Å²) in [5.41, 5.74) is 1.19. The maximum absolute atomic E-state index is 10.1. The third-order valence-electron chi connectivity index (χ3n) is 1.78. The third kappa shape index (κ3) is 7.26. The smallest absolute Gasteiger partial charge is 0.142 e. The summed E-state index contributed by atoms with van der Waals surface area (Å²) >= 11 is 0. The molecule has 0 heterocycles. The highest BCUT2D eigenvalue weighted by atomic mass is 16.1. The Morgan fingerprint density at radius 2 is 2.08 bits per heavy atom. The molecule has 0 amide bonds. The molecule has 0 bridgehead atoms. The van der Waals surface area contributed by atoms with E-state index >= 15 is 0 Å². The molecule has 0 rings (SSSR count). The number of aldehydes is 1. The van der Waals surface area contributed by atoms with Crippen molar-refractivity contribution in [2.45, 2.75) is 39.5 Å². The zero-order valence-corrected chi connectivity index (χ0v) is 8.05. The largest absolute Gasteiger partial charge is 0.299 e. The zero-order chi connectivity index (χ0) is 9.23. The number of rotatable bonds is 6. The lowest BCUT2D eigenvalue weighted by molar-refractivity contribution is -0.104. The molecule has 0 fully saturated rings. The van der Waals surface area contributed by atoms with Gasteiger partial charge in [-0.25, -0.2) is 0 Å². The van der Waals surface area contributed by atoms with Crippen LogP contribution in [0.2, 0.25) is 0 Å². The molecule has 0 aromatic rings. The number of hydrogen-bond acceptors (Lipinski definition) is 1. The molecule has 0 radical (unpaired) electrons. The van der Waals surface area contributed by atoms with Gasteiger partial charge in [-0.1, -0.05) is 17.7 Å². The number of unbranched alkanes of at least 4 members (excludes halogenated alkanes) is 2. The van der Waals surface area contributed by atoms with Crippen LogP contribution in [-0.2, 0) is 4.79 Å². The van der Waals surface area contributed by atoms with E-state index in [2.05, 4.69) is 12.2 Å². The highest BCUT2D eigenvalue weighted by molar-refractivity contribution is 5.65. The first kappa shape index (κ1) is 11.2. The molecule has 1 nitrogen and oxygen atoms in total. The molecule has 0 saturated heterocycles. The molecule has 0 saturated carbocycles. The second kappa shape index (κ2) is 8.25. The average molecular weight is 166 g/mol. The van der Waals surface area contributed by atoms with Gasteiger partial charge in [0.15, 0.2) is 0 Å². The van der Waals surface area contributed by atoms with E-state index in [-0.39, 0.29) is 0 Å². The van der Waals surface area contributed by atoms with E-state index in [1.165, 1.54) is 18.4 Å². The summed E-state index contributed by atoms with van der Waals surface area (Å²) in [4.78, 5) is 10.1. The van der Waals surface area contributed by atoms with Crippen LogP contribution in [0, 0.1) is 0 Å². The topological polar surface area (TPSA) is 17.1 Å². The third-order valence-corrected chi connectivity index (χ3v) is 1.78. The van der Waals surface area contributed by atoms with Gasteiger partial charge < -0.3 is 0 Å². The van der Waals surface area contributed by atoms with Gasteiger partial charge in [0.2, 0.25) is 0 Å². The molecule has 0 N–H and O–H groups in total. The predicted molar refractivity (Wildman–Crippen MR) is 53.1 cm³/mol. The standard InChI is InChI=1S/C11H18O/c1-3-4-5-6-7-8-11(2)9-10-12/h3-4,9-10H,5-8H2,1-2H3. The summed E-state index contributed by atoms with van der Waals surface area (Å²) in [6, 6.07) is 0.